The molecule has 2 aromatic rings. The first-order valence-electron chi connectivity index (χ1n) is 6.20. The molecule has 5 nitrogen and oxygen atoms in total. The lowest BCUT2D eigenvalue weighted by atomic mass is 10.2. The molecule has 0 saturated carbocycles. The van der Waals surface area contributed by atoms with E-state index < -0.39 is 17.5 Å². The molecule has 21 heavy (non-hydrogen) atoms. The number of halogens is 2. The van der Waals surface area contributed by atoms with Crippen molar-refractivity contribution in [3.8, 4) is 5.75 Å². The van der Waals surface area contributed by atoms with E-state index in [2.05, 4.69) is 15.3 Å². The van der Waals surface area contributed by atoms with Gasteiger partial charge in [0.1, 0.15) is 5.82 Å². The SMILES string of the molecule is CC(C)c1ncc(Cl)c(C(=O)Nc2ccc(O)c(F)c2)n1. The average Bonchev–Trinajstić information content (AvgIpc) is 2.43. The van der Waals surface area contributed by atoms with Gasteiger partial charge in [-0.15, -0.1) is 0 Å². The van der Waals surface area contributed by atoms with Gasteiger partial charge in [-0.3, -0.25) is 4.79 Å². The zero-order valence-corrected chi connectivity index (χ0v) is 12.1. The van der Waals surface area contributed by atoms with Gasteiger partial charge in [-0.1, -0.05) is 25.4 Å². The van der Waals surface area contributed by atoms with Gasteiger partial charge in [0.15, 0.2) is 17.3 Å². The van der Waals surface area contributed by atoms with Crippen LogP contribution in [0.3, 0.4) is 0 Å². The van der Waals surface area contributed by atoms with Crippen molar-refractivity contribution in [2.45, 2.75) is 19.8 Å². The fraction of sp³-hybridized carbons (Fsp3) is 0.214. The zero-order chi connectivity index (χ0) is 15.6. The van der Waals surface area contributed by atoms with E-state index in [1.54, 1.807) is 0 Å². The van der Waals surface area contributed by atoms with Gasteiger partial charge in [0.25, 0.3) is 5.91 Å². The normalized spacial score (nSPS) is 10.7. The van der Waals surface area contributed by atoms with Crippen LogP contribution in [0.1, 0.15) is 36.1 Å². The van der Waals surface area contributed by atoms with Crippen molar-refractivity contribution in [2.75, 3.05) is 5.32 Å². The number of benzene rings is 1. The molecule has 7 heteroatoms. The summed E-state index contributed by atoms with van der Waals surface area (Å²) in [5.41, 5.74) is 0.208. The molecule has 0 aliphatic carbocycles. The Morgan fingerprint density at radius 1 is 1.43 bits per heavy atom. The first-order chi connectivity index (χ1) is 9.88. The number of carbonyl (C=O) groups is 1. The minimum Gasteiger partial charge on any atom is -0.505 e. The molecule has 2 rings (SSSR count). The number of carbonyl (C=O) groups excluding carboxylic acids is 1. The van der Waals surface area contributed by atoms with E-state index in [1.807, 2.05) is 13.8 Å². The highest BCUT2D eigenvalue weighted by molar-refractivity contribution is 6.33. The van der Waals surface area contributed by atoms with E-state index in [0.29, 0.717) is 5.82 Å². The Kier molecular flexibility index (Phi) is 4.37. The Hall–Kier alpha value is -2.21. The molecule has 1 heterocycles. The number of aromatic hydroxyl groups is 1. The fourth-order valence-corrected chi connectivity index (χ4v) is 1.77. The molecule has 0 radical (unpaired) electrons. The summed E-state index contributed by atoms with van der Waals surface area (Å²) in [4.78, 5) is 20.3. The van der Waals surface area contributed by atoms with Crippen LogP contribution in [0, 0.1) is 5.82 Å². The first-order valence-corrected chi connectivity index (χ1v) is 6.58. The van der Waals surface area contributed by atoms with Crippen LogP contribution in [0.4, 0.5) is 10.1 Å². The van der Waals surface area contributed by atoms with Gasteiger partial charge in [-0.25, -0.2) is 14.4 Å². The van der Waals surface area contributed by atoms with Crippen molar-refractivity contribution in [2.24, 2.45) is 0 Å². The molecular formula is C14H13ClFN3O2. The number of anilines is 1. The fourth-order valence-electron chi connectivity index (χ4n) is 1.59. The van der Waals surface area contributed by atoms with E-state index in [0.717, 1.165) is 12.1 Å². The molecule has 0 atom stereocenters. The molecule has 0 aliphatic heterocycles. The second kappa shape index (κ2) is 6.05. The summed E-state index contributed by atoms with van der Waals surface area (Å²) in [5.74, 6) is -1.37. The number of nitrogens with one attached hydrogen (secondary N) is 1. The molecule has 0 bridgehead atoms. The summed E-state index contributed by atoms with van der Waals surface area (Å²) < 4.78 is 13.2. The Balaban J connectivity index is 2.27. The van der Waals surface area contributed by atoms with Gasteiger partial charge in [-0.05, 0) is 12.1 Å². The summed E-state index contributed by atoms with van der Waals surface area (Å²) in [6, 6.07) is 3.52. The van der Waals surface area contributed by atoms with Gasteiger partial charge >= 0.3 is 0 Å². The van der Waals surface area contributed by atoms with Crippen LogP contribution in [0.15, 0.2) is 24.4 Å². The third kappa shape index (κ3) is 3.46. The van der Waals surface area contributed by atoms with E-state index >= 15 is 0 Å². The predicted molar refractivity (Wildman–Crippen MR) is 77.1 cm³/mol. The minimum absolute atomic E-state index is 0.0175. The number of hydrogen-bond acceptors (Lipinski definition) is 4. The lowest BCUT2D eigenvalue weighted by Crippen LogP contribution is -2.16. The smallest absolute Gasteiger partial charge is 0.275 e. The molecule has 0 spiro atoms. The van der Waals surface area contributed by atoms with Crippen molar-refractivity contribution >= 4 is 23.2 Å². The third-order valence-electron chi connectivity index (χ3n) is 2.70. The first kappa shape index (κ1) is 15.2. The number of hydrogen-bond donors (Lipinski definition) is 2. The van der Waals surface area contributed by atoms with Crippen LogP contribution in [-0.4, -0.2) is 21.0 Å². The maximum atomic E-state index is 13.2. The monoisotopic (exact) mass is 309 g/mol. The second-order valence-corrected chi connectivity index (χ2v) is 5.11. The standard InChI is InChI=1S/C14H13ClFN3O2/c1-7(2)13-17-6-9(15)12(19-13)14(21)18-8-3-4-11(20)10(16)5-8/h3-7,20H,1-2H3,(H,18,21). The highest BCUT2D eigenvalue weighted by Crippen LogP contribution is 2.21. The lowest BCUT2D eigenvalue weighted by Gasteiger charge is -2.09. The van der Waals surface area contributed by atoms with Crippen LogP contribution < -0.4 is 5.32 Å². The molecule has 1 aromatic heterocycles. The Morgan fingerprint density at radius 3 is 2.76 bits per heavy atom. The Morgan fingerprint density at radius 2 is 2.14 bits per heavy atom. The minimum atomic E-state index is -0.829. The van der Waals surface area contributed by atoms with Crippen LogP contribution in [-0.2, 0) is 0 Å². The van der Waals surface area contributed by atoms with Crippen LogP contribution in [0.2, 0.25) is 5.02 Å². The largest absolute Gasteiger partial charge is 0.505 e. The number of nitrogens with zero attached hydrogens (tertiary/aromatic N) is 2. The highest BCUT2D eigenvalue weighted by Gasteiger charge is 2.16. The van der Waals surface area contributed by atoms with Gasteiger partial charge in [0.05, 0.1) is 11.2 Å². The van der Waals surface area contributed by atoms with Crippen molar-refractivity contribution in [1.29, 1.82) is 0 Å². The van der Waals surface area contributed by atoms with Gasteiger partial charge < -0.3 is 10.4 Å². The average molecular weight is 310 g/mol. The van der Waals surface area contributed by atoms with Gasteiger partial charge in [0.2, 0.25) is 0 Å². The molecule has 1 amide bonds. The summed E-state index contributed by atoms with van der Waals surface area (Å²) in [6.45, 7) is 3.78. The number of phenols is 1. The molecule has 0 aliphatic rings. The van der Waals surface area contributed by atoms with E-state index in [9.17, 15) is 9.18 Å². The Bertz CT molecular complexity index is 692. The van der Waals surface area contributed by atoms with Gasteiger partial charge in [-0.2, -0.15) is 0 Å². The molecule has 2 N–H and O–H groups in total. The summed E-state index contributed by atoms with van der Waals surface area (Å²) in [5, 5.41) is 11.7. The third-order valence-corrected chi connectivity index (χ3v) is 2.98. The van der Waals surface area contributed by atoms with Crippen molar-refractivity contribution in [3.05, 3.63) is 46.8 Å². The van der Waals surface area contributed by atoms with E-state index in [-0.39, 0.29) is 22.3 Å². The number of amides is 1. The van der Waals surface area contributed by atoms with Crippen LogP contribution in [0.25, 0.3) is 0 Å². The van der Waals surface area contributed by atoms with Gasteiger partial charge in [0, 0.05) is 17.7 Å². The summed E-state index contributed by atoms with van der Waals surface area (Å²) in [7, 11) is 0. The zero-order valence-electron chi connectivity index (χ0n) is 11.4. The second-order valence-electron chi connectivity index (χ2n) is 4.70. The maximum Gasteiger partial charge on any atom is 0.275 e. The van der Waals surface area contributed by atoms with Crippen LogP contribution in [0.5, 0.6) is 5.75 Å². The summed E-state index contributed by atoms with van der Waals surface area (Å²) in [6.07, 6.45) is 1.36. The number of aromatic nitrogens is 2. The lowest BCUT2D eigenvalue weighted by molar-refractivity contribution is 0.102. The molecule has 0 saturated heterocycles. The summed E-state index contributed by atoms with van der Waals surface area (Å²) >= 11 is 5.92. The maximum absolute atomic E-state index is 13.2. The number of rotatable bonds is 3. The van der Waals surface area contributed by atoms with E-state index in [4.69, 9.17) is 16.7 Å². The topological polar surface area (TPSA) is 75.1 Å². The molecule has 0 fully saturated rings. The Labute approximate surface area is 125 Å². The predicted octanol–water partition coefficient (Wildman–Crippen LogP) is 3.35. The van der Waals surface area contributed by atoms with Crippen molar-refractivity contribution < 1.29 is 14.3 Å². The van der Waals surface area contributed by atoms with Crippen molar-refractivity contribution in [3.63, 3.8) is 0 Å². The molecule has 0 unspecified atom stereocenters. The van der Waals surface area contributed by atoms with Crippen molar-refractivity contribution in [1.82, 2.24) is 9.97 Å². The molecule has 1 aromatic carbocycles. The van der Waals surface area contributed by atoms with E-state index in [1.165, 1.54) is 12.3 Å². The highest BCUT2D eigenvalue weighted by atomic mass is 35.5. The number of phenolic OH excluding ortho intramolecular Hbond substituents is 1. The quantitative estimate of drug-likeness (QED) is 0.853. The molecular weight excluding hydrogens is 297 g/mol. The van der Waals surface area contributed by atoms with Crippen LogP contribution >= 0.6 is 11.6 Å². The molecule has 110 valence electrons.